The van der Waals surface area contributed by atoms with Crippen molar-refractivity contribution in [1.29, 1.82) is 0 Å². The van der Waals surface area contributed by atoms with E-state index >= 15 is 0 Å². The number of aromatic amines is 1. The van der Waals surface area contributed by atoms with Crippen LogP contribution in [0, 0.1) is 5.82 Å². The number of nitrogens with one attached hydrogen (secondary N) is 1. The molecule has 0 saturated carbocycles. The van der Waals surface area contributed by atoms with Crippen molar-refractivity contribution in [3.63, 3.8) is 0 Å². The topological polar surface area (TPSA) is 46.7 Å². The maximum absolute atomic E-state index is 13.2. The van der Waals surface area contributed by atoms with E-state index in [1.165, 1.54) is 23.1 Å². The van der Waals surface area contributed by atoms with Gasteiger partial charge in [-0.05, 0) is 65.7 Å². The monoisotopic (exact) mass is 460 g/mol. The van der Waals surface area contributed by atoms with Crippen molar-refractivity contribution in [2.75, 3.05) is 13.3 Å². The van der Waals surface area contributed by atoms with Gasteiger partial charge in [-0.3, -0.25) is 0 Å². The summed E-state index contributed by atoms with van der Waals surface area (Å²) in [6.45, 7) is 1.23. The van der Waals surface area contributed by atoms with E-state index in [0.717, 1.165) is 46.8 Å². The number of aromatic nitrogens is 1. The van der Waals surface area contributed by atoms with E-state index in [1.54, 1.807) is 12.1 Å². The third-order valence-electron chi connectivity index (χ3n) is 6.26. The predicted octanol–water partition coefficient (Wildman–Crippen LogP) is 5.48. The highest BCUT2D eigenvalue weighted by Gasteiger charge is 2.34. The van der Waals surface area contributed by atoms with Crippen LogP contribution < -0.4 is 9.47 Å². The van der Waals surface area contributed by atoms with Gasteiger partial charge in [0.2, 0.25) is 6.79 Å². The van der Waals surface area contributed by atoms with Crippen LogP contribution in [0.3, 0.4) is 0 Å². The number of nitrogens with zero attached hydrogens (tertiary/aromatic N) is 1. The number of para-hydroxylation sites is 1. The molecule has 0 amide bonds. The van der Waals surface area contributed by atoms with Gasteiger partial charge in [0.05, 0.1) is 6.04 Å². The zero-order valence-electron chi connectivity index (χ0n) is 17.7. The summed E-state index contributed by atoms with van der Waals surface area (Å²) >= 11 is 5.74. The quantitative estimate of drug-likeness (QED) is 0.410. The largest absolute Gasteiger partial charge is 0.466 e. The summed E-state index contributed by atoms with van der Waals surface area (Å²) in [4.78, 5) is 5.73. The zero-order chi connectivity index (χ0) is 22.4. The molecule has 0 bridgehead atoms. The average Bonchev–Trinajstić information content (AvgIpc) is 3.46. The summed E-state index contributed by atoms with van der Waals surface area (Å²) in [6.07, 6.45) is 0.848. The minimum absolute atomic E-state index is 0.156. The molecule has 0 spiro atoms. The molecule has 1 atom stereocenters. The molecule has 0 radical (unpaired) electrons. The van der Waals surface area contributed by atoms with Crippen molar-refractivity contribution in [2.45, 2.75) is 19.1 Å². The van der Waals surface area contributed by atoms with Crippen LogP contribution in [-0.4, -0.2) is 28.4 Å². The van der Waals surface area contributed by atoms with Crippen molar-refractivity contribution < 1.29 is 18.6 Å². The van der Waals surface area contributed by atoms with Gasteiger partial charge in [-0.1, -0.05) is 36.4 Å². The van der Waals surface area contributed by atoms with Crippen LogP contribution in [0.25, 0.3) is 10.9 Å². The zero-order valence-corrected chi connectivity index (χ0v) is 18.5. The van der Waals surface area contributed by atoms with Crippen molar-refractivity contribution in [3.8, 4) is 11.5 Å². The lowest BCUT2D eigenvalue weighted by Crippen LogP contribution is -2.40. The SMILES string of the molecule is Fc1ccc(COC(=S)N2CCc3c([nH]c4ccccc34)C2c2ccc3c(c2)OCO3)cc1. The van der Waals surface area contributed by atoms with Crippen molar-refractivity contribution in [2.24, 2.45) is 0 Å². The molecule has 0 aliphatic carbocycles. The predicted molar refractivity (Wildman–Crippen MR) is 127 cm³/mol. The fourth-order valence-electron chi connectivity index (χ4n) is 4.68. The first kappa shape index (κ1) is 20.1. The summed E-state index contributed by atoms with van der Waals surface area (Å²) in [6, 6.07) is 20.5. The Hall–Kier alpha value is -3.58. The van der Waals surface area contributed by atoms with Gasteiger partial charge >= 0.3 is 0 Å². The van der Waals surface area contributed by atoms with E-state index in [-0.39, 0.29) is 25.3 Å². The Kier molecular flexibility index (Phi) is 4.91. The number of hydrogen-bond acceptors (Lipinski definition) is 4. The Labute approximate surface area is 195 Å². The molecular formula is C26H21FN2O3S. The Morgan fingerprint density at radius 1 is 1.06 bits per heavy atom. The Bertz CT molecular complexity index is 1350. The number of rotatable bonds is 3. The number of hydrogen-bond donors (Lipinski definition) is 1. The molecule has 0 saturated heterocycles. The summed E-state index contributed by atoms with van der Waals surface area (Å²) in [5.41, 5.74) is 5.41. The van der Waals surface area contributed by atoms with Gasteiger partial charge in [0.1, 0.15) is 12.4 Å². The van der Waals surface area contributed by atoms with E-state index in [4.69, 9.17) is 26.4 Å². The summed E-state index contributed by atoms with van der Waals surface area (Å²) in [5.74, 6) is 1.20. The fraction of sp³-hybridized carbons (Fsp3) is 0.192. The van der Waals surface area contributed by atoms with Crippen LogP contribution in [0.1, 0.15) is 28.4 Å². The van der Waals surface area contributed by atoms with Crippen molar-refractivity contribution in [3.05, 3.63) is 94.9 Å². The molecule has 1 N–H and O–H groups in total. The molecule has 3 heterocycles. The summed E-state index contributed by atoms with van der Waals surface area (Å²) in [5, 5.41) is 1.64. The molecule has 0 fully saturated rings. The van der Waals surface area contributed by atoms with E-state index in [1.807, 2.05) is 24.3 Å². The van der Waals surface area contributed by atoms with Gasteiger partial charge in [0, 0.05) is 23.1 Å². The van der Waals surface area contributed by atoms with Gasteiger partial charge in [0.15, 0.2) is 11.5 Å². The number of benzene rings is 3. The van der Waals surface area contributed by atoms with Gasteiger partial charge in [0.25, 0.3) is 5.17 Å². The van der Waals surface area contributed by atoms with Crippen LogP contribution in [0.4, 0.5) is 4.39 Å². The molecule has 1 unspecified atom stereocenters. The minimum Gasteiger partial charge on any atom is -0.466 e. The van der Waals surface area contributed by atoms with Crippen molar-refractivity contribution in [1.82, 2.24) is 9.88 Å². The second kappa shape index (κ2) is 8.08. The fourth-order valence-corrected chi connectivity index (χ4v) is 4.93. The van der Waals surface area contributed by atoms with Crippen LogP contribution in [0.5, 0.6) is 11.5 Å². The Balaban J connectivity index is 1.37. The second-order valence-corrected chi connectivity index (χ2v) is 8.55. The highest BCUT2D eigenvalue weighted by molar-refractivity contribution is 7.80. The highest BCUT2D eigenvalue weighted by Crippen LogP contribution is 2.42. The first-order valence-corrected chi connectivity index (χ1v) is 11.2. The first-order chi connectivity index (χ1) is 16.2. The molecule has 33 heavy (non-hydrogen) atoms. The van der Waals surface area contributed by atoms with Crippen molar-refractivity contribution >= 4 is 28.3 Å². The molecule has 3 aromatic carbocycles. The number of fused-ring (bicyclic) bond motifs is 4. The number of H-pyrrole nitrogens is 1. The minimum atomic E-state index is -0.272. The molecular weight excluding hydrogens is 439 g/mol. The van der Waals surface area contributed by atoms with Gasteiger partial charge in [-0.15, -0.1) is 0 Å². The Morgan fingerprint density at radius 3 is 2.76 bits per heavy atom. The van der Waals surface area contributed by atoms with Crippen LogP contribution in [-0.2, 0) is 17.8 Å². The van der Waals surface area contributed by atoms with E-state index in [0.29, 0.717) is 5.17 Å². The van der Waals surface area contributed by atoms with Gasteiger partial charge in [-0.25, -0.2) is 4.39 Å². The summed E-state index contributed by atoms with van der Waals surface area (Å²) < 4.78 is 30.4. The second-order valence-electron chi connectivity index (χ2n) is 8.20. The normalized spacial score (nSPS) is 16.6. The number of thiocarbonyl (C=S) groups is 1. The van der Waals surface area contributed by atoms with Gasteiger partial charge < -0.3 is 24.1 Å². The number of halogens is 1. The molecule has 166 valence electrons. The molecule has 5 nitrogen and oxygen atoms in total. The lowest BCUT2D eigenvalue weighted by molar-refractivity contribution is 0.173. The van der Waals surface area contributed by atoms with Gasteiger partial charge in [-0.2, -0.15) is 0 Å². The van der Waals surface area contributed by atoms with E-state index < -0.39 is 0 Å². The molecule has 2 aliphatic rings. The van der Waals surface area contributed by atoms with E-state index in [2.05, 4.69) is 28.1 Å². The Morgan fingerprint density at radius 2 is 1.88 bits per heavy atom. The molecule has 6 rings (SSSR count). The van der Waals surface area contributed by atoms with Crippen LogP contribution in [0.15, 0.2) is 66.7 Å². The average molecular weight is 461 g/mol. The molecule has 7 heteroatoms. The third-order valence-corrected chi connectivity index (χ3v) is 6.61. The molecule has 2 aliphatic heterocycles. The molecule has 1 aromatic heterocycles. The van der Waals surface area contributed by atoms with E-state index in [9.17, 15) is 4.39 Å². The maximum atomic E-state index is 13.2. The number of ether oxygens (including phenoxy) is 3. The lowest BCUT2D eigenvalue weighted by atomic mass is 9.92. The third kappa shape index (κ3) is 3.58. The first-order valence-electron chi connectivity index (χ1n) is 10.8. The lowest BCUT2D eigenvalue weighted by Gasteiger charge is -2.37. The smallest absolute Gasteiger partial charge is 0.260 e. The van der Waals surface area contributed by atoms with Crippen LogP contribution in [0.2, 0.25) is 0 Å². The standard InChI is InChI=1S/C26H21FN2O3S/c27-18-8-5-16(6-9-18)14-30-26(33)29-12-11-20-19-3-1-2-4-21(19)28-24(20)25(29)17-7-10-22-23(13-17)32-15-31-22/h1-10,13,25,28H,11-12,14-15H2. The molecule has 4 aromatic rings. The maximum Gasteiger partial charge on any atom is 0.260 e. The summed E-state index contributed by atoms with van der Waals surface area (Å²) in [7, 11) is 0. The highest BCUT2D eigenvalue weighted by atomic mass is 32.1. The van der Waals surface area contributed by atoms with Crippen LogP contribution >= 0.6 is 12.2 Å².